The first-order chi connectivity index (χ1) is 9.20. The van der Waals surface area contributed by atoms with Gasteiger partial charge in [-0.05, 0) is 19.2 Å². The second kappa shape index (κ2) is 6.21. The summed E-state index contributed by atoms with van der Waals surface area (Å²) in [6.45, 7) is 3.24. The molecule has 2 rings (SSSR count). The molecule has 0 N–H and O–H groups in total. The van der Waals surface area contributed by atoms with Crippen molar-refractivity contribution in [1.29, 1.82) is 5.26 Å². The molecule has 19 heavy (non-hydrogen) atoms. The fourth-order valence-electron chi connectivity index (χ4n) is 1.97. The summed E-state index contributed by atoms with van der Waals surface area (Å²) in [6.07, 6.45) is 0. The molecule has 5 heteroatoms. The Morgan fingerprint density at radius 3 is 2.68 bits per heavy atom. The molecule has 0 bridgehead atoms. The lowest BCUT2D eigenvalue weighted by atomic mass is 10.2. The van der Waals surface area contributed by atoms with E-state index in [1.807, 2.05) is 13.1 Å². The first kappa shape index (κ1) is 13.4. The lowest BCUT2D eigenvalue weighted by Crippen LogP contribution is -2.48. The number of hydrogen-bond acceptors (Lipinski definition) is 4. The van der Waals surface area contributed by atoms with E-state index in [1.54, 1.807) is 29.2 Å². The largest absolute Gasteiger partial charge is 0.482 e. The highest BCUT2D eigenvalue weighted by molar-refractivity contribution is 5.78. The maximum Gasteiger partial charge on any atom is 0.260 e. The van der Waals surface area contributed by atoms with Crippen LogP contribution in [-0.2, 0) is 4.79 Å². The number of carbonyl (C=O) groups excluding carboxylic acids is 1. The highest BCUT2D eigenvalue weighted by atomic mass is 16.5. The molecule has 1 aromatic carbocycles. The van der Waals surface area contributed by atoms with Crippen molar-refractivity contribution < 1.29 is 9.53 Å². The summed E-state index contributed by atoms with van der Waals surface area (Å²) in [5.74, 6) is 0.438. The SMILES string of the molecule is CN1CCN(C(=O)COc2ccccc2C#N)CC1. The monoisotopic (exact) mass is 259 g/mol. The highest BCUT2D eigenvalue weighted by Crippen LogP contribution is 2.16. The first-order valence-corrected chi connectivity index (χ1v) is 6.29. The molecule has 1 aliphatic rings. The normalized spacial score (nSPS) is 15.9. The third-order valence-corrected chi connectivity index (χ3v) is 3.21. The number of ether oxygens (including phenoxy) is 1. The Morgan fingerprint density at radius 2 is 2.00 bits per heavy atom. The van der Waals surface area contributed by atoms with Crippen LogP contribution in [0.1, 0.15) is 5.56 Å². The van der Waals surface area contributed by atoms with Crippen molar-refractivity contribution in [3.05, 3.63) is 29.8 Å². The quantitative estimate of drug-likeness (QED) is 0.802. The van der Waals surface area contributed by atoms with Crippen LogP contribution in [0.3, 0.4) is 0 Å². The Kier molecular flexibility index (Phi) is 4.37. The average molecular weight is 259 g/mol. The van der Waals surface area contributed by atoms with Crippen molar-refractivity contribution in [1.82, 2.24) is 9.80 Å². The van der Waals surface area contributed by atoms with Crippen LogP contribution in [0.25, 0.3) is 0 Å². The van der Waals surface area contributed by atoms with E-state index in [1.165, 1.54) is 0 Å². The van der Waals surface area contributed by atoms with Gasteiger partial charge in [0.05, 0.1) is 5.56 Å². The van der Waals surface area contributed by atoms with Gasteiger partial charge in [-0.2, -0.15) is 5.26 Å². The van der Waals surface area contributed by atoms with Crippen LogP contribution < -0.4 is 4.74 Å². The molecule has 0 radical (unpaired) electrons. The fraction of sp³-hybridized carbons (Fsp3) is 0.429. The lowest BCUT2D eigenvalue weighted by Gasteiger charge is -2.32. The van der Waals surface area contributed by atoms with E-state index in [0.717, 1.165) is 26.2 Å². The van der Waals surface area contributed by atoms with Crippen molar-refractivity contribution in [3.63, 3.8) is 0 Å². The third kappa shape index (κ3) is 3.46. The Hall–Kier alpha value is -2.06. The maximum absolute atomic E-state index is 12.0. The molecule has 1 aromatic rings. The molecule has 0 aliphatic carbocycles. The van der Waals surface area contributed by atoms with Gasteiger partial charge in [0.2, 0.25) is 0 Å². The van der Waals surface area contributed by atoms with Crippen molar-refractivity contribution >= 4 is 5.91 Å². The topological polar surface area (TPSA) is 56.6 Å². The van der Waals surface area contributed by atoms with E-state index >= 15 is 0 Å². The van der Waals surface area contributed by atoms with Crippen LogP contribution in [0.2, 0.25) is 0 Å². The molecular weight excluding hydrogens is 242 g/mol. The molecule has 1 heterocycles. The molecule has 0 spiro atoms. The number of rotatable bonds is 3. The number of para-hydroxylation sites is 1. The summed E-state index contributed by atoms with van der Waals surface area (Å²) >= 11 is 0. The molecular formula is C14H17N3O2. The Bertz CT molecular complexity index is 488. The number of carbonyl (C=O) groups is 1. The van der Waals surface area contributed by atoms with Gasteiger partial charge in [-0.15, -0.1) is 0 Å². The number of nitrogens with zero attached hydrogens (tertiary/aromatic N) is 3. The van der Waals surface area contributed by atoms with Crippen molar-refractivity contribution in [3.8, 4) is 11.8 Å². The van der Waals surface area contributed by atoms with E-state index in [9.17, 15) is 4.79 Å². The summed E-state index contributed by atoms with van der Waals surface area (Å²) in [7, 11) is 2.04. The number of hydrogen-bond donors (Lipinski definition) is 0. The van der Waals surface area contributed by atoms with Gasteiger partial charge in [-0.3, -0.25) is 4.79 Å². The van der Waals surface area contributed by atoms with Gasteiger partial charge in [-0.25, -0.2) is 0 Å². The van der Waals surface area contributed by atoms with Gasteiger partial charge in [0.25, 0.3) is 5.91 Å². The summed E-state index contributed by atoms with van der Waals surface area (Å²) < 4.78 is 5.44. The minimum absolute atomic E-state index is 0.0115. The highest BCUT2D eigenvalue weighted by Gasteiger charge is 2.19. The van der Waals surface area contributed by atoms with Crippen molar-refractivity contribution in [2.24, 2.45) is 0 Å². The molecule has 100 valence electrons. The van der Waals surface area contributed by atoms with Crippen molar-refractivity contribution in [2.45, 2.75) is 0 Å². The predicted octanol–water partition coefficient (Wildman–Crippen LogP) is 0.711. The minimum Gasteiger partial charge on any atom is -0.482 e. The molecule has 1 aliphatic heterocycles. The number of benzene rings is 1. The van der Waals surface area contributed by atoms with E-state index in [0.29, 0.717) is 11.3 Å². The van der Waals surface area contributed by atoms with Gasteiger partial charge >= 0.3 is 0 Å². The second-order valence-corrected chi connectivity index (χ2v) is 4.58. The third-order valence-electron chi connectivity index (χ3n) is 3.21. The molecule has 0 aromatic heterocycles. The number of likely N-dealkylation sites (N-methyl/N-ethyl adjacent to an activating group) is 1. The van der Waals surface area contributed by atoms with Crippen molar-refractivity contribution in [2.75, 3.05) is 39.8 Å². The summed E-state index contributed by atoms with van der Waals surface area (Å²) in [6, 6.07) is 8.99. The molecule has 1 saturated heterocycles. The number of piperazine rings is 1. The van der Waals surface area contributed by atoms with E-state index < -0.39 is 0 Å². The molecule has 0 unspecified atom stereocenters. The first-order valence-electron chi connectivity index (χ1n) is 6.29. The van der Waals surface area contributed by atoms with Gasteiger partial charge in [0, 0.05) is 26.2 Å². The Morgan fingerprint density at radius 1 is 1.32 bits per heavy atom. The zero-order valence-electron chi connectivity index (χ0n) is 11.0. The number of nitriles is 1. The summed E-state index contributed by atoms with van der Waals surface area (Å²) in [4.78, 5) is 16.0. The Balaban J connectivity index is 1.88. The van der Waals surface area contributed by atoms with Gasteiger partial charge < -0.3 is 14.5 Å². The minimum atomic E-state index is -0.0270. The fourth-order valence-corrected chi connectivity index (χ4v) is 1.97. The van der Waals surface area contributed by atoms with Crippen LogP contribution in [-0.4, -0.2) is 55.5 Å². The summed E-state index contributed by atoms with van der Waals surface area (Å²) in [5, 5.41) is 8.93. The van der Waals surface area contributed by atoms with Crippen LogP contribution in [0.15, 0.2) is 24.3 Å². The van der Waals surface area contributed by atoms with Crippen LogP contribution in [0, 0.1) is 11.3 Å². The molecule has 0 saturated carbocycles. The van der Waals surface area contributed by atoms with Gasteiger partial charge in [0.1, 0.15) is 11.8 Å². The van der Waals surface area contributed by atoms with Gasteiger partial charge in [0.15, 0.2) is 6.61 Å². The molecule has 1 fully saturated rings. The van der Waals surface area contributed by atoms with Crippen LogP contribution >= 0.6 is 0 Å². The van der Waals surface area contributed by atoms with Gasteiger partial charge in [-0.1, -0.05) is 12.1 Å². The standard InChI is InChI=1S/C14H17N3O2/c1-16-6-8-17(9-7-16)14(18)11-19-13-5-3-2-4-12(13)10-15/h2-5H,6-9,11H2,1H3. The van der Waals surface area contributed by atoms with E-state index in [2.05, 4.69) is 4.90 Å². The smallest absolute Gasteiger partial charge is 0.260 e. The second-order valence-electron chi connectivity index (χ2n) is 4.58. The molecule has 1 amide bonds. The zero-order chi connectivity index (χ0) is 13.7. The lowest BCUT2D eigenvalue weighted by molar-refractivity contribution is -0.134. The maximum atomic E-state index is 12.0. The number of amides is 1. The van der Waals surface area contributed by atoms with E-state index in [4.69, 9.17) is 10.00 Å². The zero-order valence-corrected chi connectivity index (χ0v) is 11.0. The van der Waals surface area contributed by atoms with Crippen LogP contribution in [0.5, 0.6) is 5.75 Å². The molecule has 0 atom stereocenters. The van der Waals surface area contributed by atoms with Crippen LogP contribution in [0.4, 0.5) is 0 Å². The molecule has 5 nitrogen and oxygen atoms in total. The Labute approximate surface area is 113 Å². The van der Waals surface area contributed by atoms with E-state index in [-0.39, 0.29) is 12.5 Å². The predicted molar refractivity (Wildman–Crippen MR) is 70.7 cm³/mol. The summed E-state index contributed by atoms with van der Waals surface area (Å²) in [5.41, 5.74) is 0.452. The average Bonchev–Trinajstić information content (AvgIpc) is 2.45.